The molecule has 0 radical (unpaired) electrons. The fourth-order valence-electron chi connectivity index (χ4n) is 4.00. The van der Waals surface area contributed by atoms with E-state index in [1.54, 1.807) is 16.7 Å². The van der Waals surface area contributed by atoms with Crippen molar-refractivity contribution < 1.29 is 23.8 Å². The van der Waals surface area contributed by atoms with Crippen molar-refractivity contribution in [1.82, 2.24) is 4.57 Å². The van der Waals surface area contributed by atoms with Gasteiger partial charge in [0.05, 0.1) is 29.3 Å². The van der Waals surface area contributed by atoms with Gasteiger partial charge >= 0.3 is 5.97 Å². The maximum atomic E-state index is 15.3. The van der Waals surface area contributed by atoms with Crippen LogP contribution in [0.3, 0.4) is 0 Å². The molecule has 7 nitrogen and oxygen atoms in total. The molecule has 0 bridgehead atoms. The highest BCUT2D eigenvalue weighted by molar-refractivity contribution is 5.98. The summed E-state index contributed by atoms with van der Waals surface area (Å²) >= 11 is 0. The van der Waals surface area contributed by atoms with Crippen LogP contribution in [-0.4, -0.2) is 35.9 Å². The van der Waals surface area contributed by atoms with E-state index in [2.05, 4.69) is 5.32 Å². The Kier molecular flexibility index (Phi) is 4.16. The van der Waals surface area contributed by atoms with Gasteiger partial charge in [0.1, 0.15) is 23.7 Å². The number of pyridine rings is 1. The van der Waals surface area contributed by atoms with Gasteiger partial charge in [-0.1, -0.05) is 6.07 Å². The first-order valence-electron chi connectivity index (χ1n) is 9.69. The number of aromatic nitrogens is 1. The molecule has 5 rings (SSSR count). The molecule has 0 atom stereocenters. The molecule has 2 aromatic carbocycles. The van der Waals surface area contributed by atoms with Gasteiger partial charge in [-0.25, -0.2) is 9.18 Å². The topological polar surface area (TPSA) is 89.8 Å². The molecule has 1 aliphatic carbocycles. The number of fused-ring (bicyclic) bond motifs is 2. The zero-order valence-electron chi connectivity index (χ0n) is 16.2. The van der Waals surface area contributed by atoms with E-state index >= 15 is 4.39 Å². The van der Waals surface area contributed by atoms with Gasteiger partial charge in [0.15, 0.2) is 5.75 Å². The second-order valence-corrected chi connectivity index (χ2v) is 7.46. The average molecular weight is 410 g/mol. The first-order valence-corrected chi connectivity index (χ1v) is 9.69. The Morgan fingerprint density at radius 1 is 1.33 bits per heavy atom. The SMILES string of the molecule is COc1c(-c2ccc3c(c2)OCCN3)c(F)cc2c(=O)c(C(=O)O)cn(C3CC3)c12. The molecule has 2 aliphatic rings. The second kappa shape index (κ2) is 6.76. The van der Waals surface area contributed by atoms with E-state index in [9.17, 15) is 14.7 Å². The third-order valence-electron chi connectivity index (χ3n) is 5.54. The minimum Gasteiger partial charge on any atom is -0.494 e. The summed E-state index contributed by atoms with van der Waals surface area (Å²) in [4.78, 5) is 24.3. The molecule has 1 fully saturated rings. The van der Waals surface area contributed by atoms with E-state index in [4.69, 9.17) is 9.47 Å². The maximum Gasteiger partial charge on any atom is 0.341 e. The van der Waals surface area contributed by atoms with Crippen LogP contribution >= 0.6 is 0 Å². The number of anilines is 1. The van der Waals surface area contributed by atoms with E-state index < -0.39 is 17.2 Å². The van der Waals surface area contributed by atoms with Crippen molar-refractivity contribution in [2.45, 2.75) is 18.9 Å². The predicted molar refractivity (Wildman–Crippen MR) is 109 cm³/mol. The van der Waals surface area contributed by atoms with Gasteiger partial charge in [0.25, 0.3) is 0 Å². The lowest BCUT2D eigenvalue weighted by Gasteiger charge is -2.21. The number of nitrogens with one attached hydrogen (secondary N) is 1. The van der Waals surface area contributed by atoms with Crippen LogP contribution in [-0.2, 0) is 0 Å². The standard InChI is InChI=1S/C22H19FN2O5/c1-29-21-18(11-2-5-16-17(8-11)30-7-6-24-16)15(23)9-13-19(21)25(12-3-4-12)10-14(20(13)26)22(27)28/h2,5,8-10,12,24H,3-4,6-7H2,1H3,(H,27,28). The average Bonchev–Trinajstić information content (AvgIpc) is 3.58. The van der Waals surface area contributed by atoms with E-state index in [0.29, 0.717) is 30.0 Å². The van der Waals surface area contributed by atoms with Gasteiger partial charge in [0, 0.05) is 18.8 Å². The summed E-state index contributed by atoms with van der Waals surface area (Å²) in [7, 11) is 1.42. The molecule has 0 spiro atoms. The summed E-state index contributed by atoms with van der Waals surface area (Å²) in [5, 5.41) is 12.7. The molecule has 0 amide bonds. The Morgan fingerprint density at radius 2 is 2.13 bits per heavy atom. The van der Waals surface area contributed by atoms with Gasteiger partial charge in [-0.3, -0.25) is 4.79 Å². The molecule has 1 aromatic heterocycles. The number of aromatic carboxylic acids is 1. The van der Waals surface area contributed by atoms with Crippen LogP contribution < -0.4 is 20.2 Å². The number of carboxylic acid groups (broad SMARTS) is 1. The van der Waals surface area contributed by atoms with Crippen LogP contribution in [0, 0.1) is 5.82 Å². The first kappa shape index (κ1) is 18.5. The number of carbonyl (C=O) groups is 1. The van der Waals surface area contributed by atoms with Crippen LogP contribution in [0.25, 0.3) is 22.0 Å². The normalized spacial score (nSPS) is 15.3. The van der Waals surface area contributed by atoms with E-state index in [1.807, 2.05) is 6.07 Å². The first-order chi connectivity index (χ1) is 14.5. The lowest BCUT2D eigenvalue weighted by atomic mass is 9.99. The van der Waals surface area contributed by atoms with Crippen molar-refractivity contribution in [2.24, 2.45) is 0 Å². The van der Waals surface area contributed by atoms with Crippen LogP contribution in [0.2, 0.25) is 0 Å². The molecule has 154 valence electrons. The van der Waals surface area contributed by atoms with Crippen molar-refractivity contribution >= 4 is 22.6 Å². The van der Waals surface area contributed by atoms with Gasteiger partial charge in [0.2, 0.25) is 5.43 Å². The molecule has 0 saturated heterocycles. The number of methoxy groups -OCH3 is 1. The lowest BCUT2D eigenvalue weighted by molar-refractivity contribution is 0.0695. The number of benzene rings is 2. The highest BCUT2D eigenvalue weighted by Gasteiger charge is 2.30. The van der Waals surface area contributed by atoms with Crippen molar-refractivity contribution in [3.05, 3.63) is 52.1 Å². The predicted octanol–water partition coefficient (Wildman–Crippen LogP) is 3.65. The molecule has 30 heavy (non-hydrogen) atoms. The molecule has 1 saturated carbocycles. The monoisotopic (exact) mass is 410 g/mol. The number of rotatable bonds is 4. The third-order valence-corrected chi connectivity index (χ3v) is 5.54. The fraction of sp³-hybridized carbons (Fsp3) is 0.273. The Balaban J connectivity index is 1.83. The van der Waals surface area contributed by atoms with Gasteiger partial charge in [-0.05, 0) is 36.6 Å². The minimum atomic E-state index is -1.33. The van der Waals surface area contributed by atoms with Crippen molar-refractivity contribution in [1.29, 1.82) is 0 Å². The molecule has 2 heterocycles. The van der Waals surface area contributed by atoms with Crippen LogP contribution in [0.5, 0.6) is 11.5 Å². The Morgan fingerprint density at radius 3 is 2.83 bits per heavy atom. The molecule has 2 N–H and O–H groups in total. The summed E-state index contributed by atoms with van der Waals surface area (Å²) < 4.78 is 28.3. The zero-order valence-corrected chi connectivity index (χ0v) is 16.2. The number of hydrogen-bond acceptors (Lipinski definition) is 5. The van der Waals surface area contributed by atoms with Gasteiger partial charge < -0.3 is 24.5 Å². The summed E-state index contributed by atoms with van der Waals surface area (Å²) in [5.74, 6) is -1.18. The Hall–Kier alpha value is -3.55. The number of halogens is 1. The Bertz CT molecular complexity index is 1260. The second-order valence-electron chi connectivity index (χ2n) is 7.46. The van der Waals surface area contributed by atoms with Crippen molar-refractivity contribution in [3.63, 3.8) is 0 Å². The number of carboxylic acids is 1. The molecule has 0 unspecified atom stereocenters. The number of hydrogen-bond donors (Lipinski definition) is 2. The van der Waals surface area contributed by atoms with Crippen LogP contribution in [0.4, 0.5) is 10.1 Å². The summed E-state index contributed by atoms with van der Waals surface area (Å²) in [5.41, 5.74) is 0.881. The lowest BCUT2D eigenvalue weighted by Crippen LogP contribution is -2.19. The quantitative estimate of drug-likeness (QED) is 0.682. The van der Waals surface area contributed by atoms with Crippen LogP contribution in [0.15, 0.2) is 35.3 Å². The van der Waals surface area contributed by atoms with Gasteiger partial charge in [-0.2, -0.15) is 0 Å². The summed E-state index contributed by atoms with van der Waals surface area (Å²) in [6.07, 6.45) is 3.05. The summed E-state index contributed by atoms with van der Waals surface area (Å²) in [6, 6.07) is 6.47. The minimum absolute atomic E-state index is 0.00391. The molecule has 1 aliphatic heterocycles. The molecule has 3 aromatic rings. The van der Waals surface area contributed by atoms with Crippen molar-refractivity contribution in [2.75, 3.05) is 25.6 Å². The van der Waals surface area contributed by atoms with E-state index in [-0.39, 0.29) is 28.3 Å². The number of ether oxygens (including phenoxy) is 2. The van der Waals surface area contributed by atoms with Crippen LogP contribution in [0.1, 0.15) is 29.2 Å². The van der Waals surface area contributed by atoms with E-state index in [1.165, 1.54) is 13.3 Å². The number of nitrogens with zero attached hydrogens (tertiary/aromatic N) is 1. The van der Waals surface area contributed by atoms with E-state index in [0.717, 1.165) is 24.6 Å². The van der Waals surface area contributed by atoms with Gasteiger partial charge in [-0.15, -0.1) is 0 Å². The summed E-state index contributed by atoms with van der Waals surface area (Å²) in [6.45, 7) is 1.20. The molecule has 8 heteroatoms. The highest BCUT2D eigenvalue weighted by Crippen LogP contribution is 2.44. The molecular weight excluding hydrogens is 391 g/mol. The third kappa shape index (κ3) is 2.79. The largest absolute Gasteiger partial charge is 0.494 e. The highest BCUT2D eigenvalue weighted by atomic mass is 19.1. The smallest absolute Gasteiger partial charge is 0.341 e. The molecular formula is C22H19FN2O5. The Labute approximate surface area is 170 Å². The zero-order chi connectivity index (χ0) is 21.0. The van der Waals surface area contributed by atoms with Crippen molar-refractivity contribution in [3.8, 4) is 22.6 Å². The fourth-order valence-corrected chi connectivity index (χ4v) is 4.00. The maximum absolute atomic E-state index is 15.3.